The number of hydrogen-bond donors (Lipinski definition) is 2. The van der Waals surface area contributed by atoms with Crippen molar-refractivity contribution < 1.29 is 4.52 Å². The molecule has 0 fully saturated rings. The summed E-state index contributed by atoms with van der Waals surface area (Å²) in [6.45, 7) is 1.82. The van der Waals surface area contributed by atoms with Crippen molar-refractivity contribution in [2.45, 2.75) is 6.92 Å². The van der Waals surface area contributed by atoms with Gasteiger partial charge < -0.3 is 15.2 Å². The number of aromatic nitrogens is 2. The van der Waals surface area contributed by atoms with Crippen molar-refractivity contribution >= 4 is 51.2 Å². The minimum atomic E-state index is 0.405. The van der Waals surface area contributed by atoms with E-state index in [0.717, 1.165) is 27.7 Å². The Hall–Kier alpha value is -2.96. The summed E-state index contributed by atoms with van der Waals surface area (Å²) in [6, 6.07) is 17.4. The quantitative estimate of drug-likeness (QED) is 0.437. The monoisotopic (exact) mass is 394 g/mol. The van der Waals surface area contributed by atoms with Gasteiger partial charge in [0.25, 0.3) is 0 Å². The molecule has 0 unspecified atom stereocenters. The van der Waals surface area contributed by atoms with E-state index in [4.69, 9.17) is 28.3 Å². The van der Waals surface area contributed by atoms with E-state index < -0.39 is 0 Å². The molecule has 2 aromatic carbocycles. The van der Waals surface area contributed by atoms with Crippen molar-refractivity contribution in [3.63, 3.8) is 0 Å². The Kier molecular flexibility index (Phi) is 4.75. The van der Waals surface area contributed by atoms with Gasteiger partial charge in [0.05, 0.1) is 10.7 Å². The Balaban J connectivity index is 1.64. The molecule has 4 rings (SSSR count). The lowest BCUT2D eigenvalue weighted by molar-refractivity contribution is 0.400. The summed E-state index contributed by atoms with van der Waals surface area (Å²) < 4.78 is 5.02. The summed E-state index contributed by atoms with van der Waals surface area (Å²) in [5.74, 6) is 1.26. The second-order valence-corrected chi connectivity index (χ2v) is 6.79. The predicted molar refractivity (Wildman–Crippen MR) is 113 cm³/mol. The van der Waals surface area contributed by atoms with E-state index in [1.54, 1.807) is 12.3 Å². The van der Waals surface area contributed by atoms with E-state index in [0.29, 0.717) is 21.7 Å². The number of pyridine rings is 1. The SMILES string of the molecule is Cc1cc(NC(=S)Nc2ccc(Cl)c(-c3nccc4ccccc34)c2)no1. The van der Waals surface area contributed by atoms with E-state index in [1.807, 2.05) is 49.4 Å². The molecule has 27 heavy (non-hydrogen) atoms. The average Bonchev–Trinajstić information content (AvgIpc) is 3.07. The zero-order chi connectivity index (χ0) is 18.8. The molecule has 0 atom stereocenters. The Morgan fingerprint density at radius 1 is 1.07 bits per heavy atom. The third-order valence-electron chi connectivity index (χ3n) is 4.02. The third-order valence-corrected chi connectivity index (χ3v) is 4.56. The van der Waals surface area contributed by atoms with E-state index in [1.165, 1.54) is 0 Å². The standard InChI is InChI=1S/C20H15ClN4OS/c1-12-10-18(25-26-12)24-20(27)23-14-6-7-17(21)16(11-14)19-15-5-3-2-4-13(15)8-9-22-19/h2-11H,1H3,(H2,23,24,25,27). The maximum atomic E-state index is 6.46. The molecule has 5 nitrogen and oxygen atoms in total. The van der Waals surface area contributed by atoms with Gasteiger partial charge >= 0.3 is 0 Å². The molecule has 2 N–H and O–H groups in total. The Bertz CT molecular complexity index is 1140. The van der Waals surface area contributed by atoms with E-state index in [2.05, 4.69) is 26.8 Å². The van der Waals surface area contributed by atoms with Gasteiger partial charge in [0.15, 0.2) is 10.9 Å². The van der Waals surface area contributed by atoms with Gasteiger partial charge in [-0.25, -0.2) is 0 Å². The number of thiocarbonyl (C=S) groups is 1. The Labute approximate surface area is 166 Å². The van der Waals surface area contributed by atoms with Crippen LogP contribution in [0.1, 0.15) is 5.76 Å². The molecule has 2 heterocycles. The zero-order valence-corrected chi connectivity index (χ0v) is 15.9. The first-order valence-electron chi connectivity index (χ1n) is 8.25. The number of fused-ring (bicyclic) bond motifs is 1. The van der Waals surface area contributed by atoms with Gasteiger partial charge in [-0.1, -0.05) is 41.0 Å². The second-order valence-electron chi connectivity index (χ2n) is 5.98. The van der Waals surface area contributed by atoms with Gasteiger partial charge in [-0.3, -0.25) is 4.98 Å². The molecule has 2 aromatic heterocycles. The minimum Gasteiger partial charge on any atom is -0.360 e. The van der Waals surface area contributed by atoms with Crippen LogP contribution in [0.5, 0.6) is 0 Å². The highest BCUT2D eigenvalue weighted by Gasteiger charge is 2.11. The molecule has 0 bridgehead atoms. The highest BCUT2D eigenvalue weighted by atomic mass is 35.5. The predicted octanol–water partition coefficient (Wildman–Crippen LogP) is 5.66. The fraction of sp³-hybridized carbons (Fsp3) is 0.0500. The van der Waals surface area contributed by atoms with Crippen molar-refractivity contribution in [2.24, 2.45) is 0 Å². The van der Waals surface area contributed by atoms with E-state index in [-0.39, 0.29) is 0 Å². The first-order chi connectivity index (χ1) is 13.1. The van der Waals surface area contributed by atoms with Gasteiger partial charge in [0, 0.05) is 28.9 Å². The lowest BCUT2D eigenvalue weighted by Gasteiger charge is -2.12. The Morgan fingerprint density at radius 3 is 2.74 bits per heavy atom. The van der Waals surface area contributed by atoms with Crippen LogP contribution in [0.4, 0.5) is 11.5 Å². The smallest absolute Gasteiger partial charge is 0.176 e. The van der Waals surface area contributed by atoms with E-state index in [9.17, 15) is 0 Å². The molecular weight excluding hydrogens is 380 g/mol. The Morgan fingerprint density at radius 2 is 1.93 bits per heavy atom. The number of nitrogens with zero attached hydrogens (tertiary/aromatic N) is 2. The lowest BCUT2D eigenvalue weighted by atomic mass is 10.0. The molecule has 0 radical (unpaired) electrons. The molecule has 0 amide bonds. The number of rotatable bonds is 3. The van der Waals surface area contributed by atoms with Crippen LogP contribution in [0, 0.1) is 6.92 Å². The van der Waals surface area contributed by atoms with Gasteiger partial charge in [0.1, 0.15) is 5.76 Å². The molecule has 4 aromatic rings. The van der Waals surface area contributed by atoms with Gasteiger partial charge in [-0.2, -0.15) is 0 Å². The molecule has 0 aliphatic carbocycles. The maximum Gasteiger partial charge on any atom is 0.176 e. The highest BCUT2D eigenvalue weighted by Crippen LogP contribution is 2.33. The van der Waals surface area contributed by atoms with Crippen LogP contribution < -0.4 is 10.6 Å². The van der Waals surface area contributed by atoms with Crippen molar-refractivity contribution in [3.05, 3.63) is 71.6 Å². The largest absolute Gasteiger partial charge is 0.360 e. The lowest BCUT2D eigenvalue weighted by Crippen LogP contribution is -2.19. The number of hydrogen-bond acceptors (Lipinski definition) is 4. The summed E-state index contributed by atoms with van der Waals surface area (Å²) in [4.78, 5) is 4.55. The van der Waals surface area contributed by atoms with Crippen molar-refractivity contribution in [1.82, 2.24) is 10.1 Å². The van der Waals surface area contributed by atoms with Gasteiger partial charge in [-0.05, 0) is 48.8 Å². The van der Waals surface area contributed by atoms with Crippen LogP contribution >= 0.6 is 23.8 Å². The van der Waals surface area contributed by atoms with Crippen LogP contribution in [0.2, 0.25) is 5.02 Å². The van der Waals surface area contributed by atoms with Crippen LogP contribution in [0.15, 0.2) is 65.3 Å². The number of anilines is 2. The van der Waals surface area contributed by atoms with Crippen LogP contribution in [0.3, 0.4) is 0 Å². The highest BCUT2D eigenvalue weighted by molar-refractivity contribution is 7.80. The van der Waals surface area contributed by atoms with Crippen molar-refractivity contribution in [2.75, 3.05) is 10.6 Å². The molecule has 7 heteroatoms. The third kappa shape index (κ3) is 3.77. The summed E-state index contributed by atoms with van der Waals surface area (Å²) >= 11 is 11.8. The topological polar surface area (TPSA) is 63.0 Å². The first-order valence-corrected chi connectivity index (χ1v) is 9.04. The average molecular weight is 395 g/mol. The second kappa shape index (κ2) is 7.34. The summed E-state index contributed by atoms with van der Waals surface area (Å²) in [5.41, 5.74) is 2.45. The van der Waals surface area contributed by atoms with Crippen molar-refractivity contribution in [1.29, 1.82) is 0 Å². The molecular formula is C20H15ClN4OS. The summed E-state index contributed by atoms with van der Waals surface area (Å²) in [7, 11) is 0. The molecule has 0 spiro atoms. The van der Waals surface area contributed by atoms with Gasteiger partial charge in [-0.15, -0.1) is 0 Å². The fourth-order valence-electron chi connectivity index (χ4n) is 2.82. The number of aryl methyl sites for hydroxylation is 1. The van der Waals surface area contributed by atoms with E-state index >= 15 is 0 Å². The zero-order valence-electron chi connectivity index (χ0n) is 14.4. The maximum absolute atomic E-state index is 6.46. The number of nitrogens with one attached hydrogen (secondary N) is 2. The molecule has 0 aliphatic rings. The molecule has 134 valence electrons. The number of halogens is 1. The van der Waals surface area contributed by atoms with Crippen molar-refractivity contribution in [3.8, 4) is 11.3 Å². The fourth-order valence-corrected chi connectivity index (χ4v) is 3.25. The van der Waals surface area contributed by atoms with Crippen LogP contribution in [0.25, 0.3) is 22.0 Å². The molecule has 0 saturated heterocycles. The van der Waals surface area contributed by atoms with Crippen LogP contribution in [-0.4, -0.2) is 15.3 Å². The number of benzene rings is 2. The molecule has 0 aliphatic heterocycles. The summed E-state index contributed by atoms with van der Waals surface area (Å²) in [6.07, 6.45) is 1.78. The normalized spacial score (nSPS) is 10.7. The first kappa shape index (κ1) is 17.5. The minimum absolute atomic E-state index is 0.405. The molecule has 0 saturated carbocycles. The van der Waals surface area contributed by atoms with Gasteiger partial charge in [0.2, 0.25) is 0 Å². The summed E-state index contributed by atoms with van der Waals surface area (Å²) in [5, 5.41) is 13.2. The van der Waals surface area contributed by atoms with Crippen LogP contribution in [-0.2, 0) is 0 Å².